The molecule has 1 unspecified atom stereocenters. The highest BCUT2D eigenvalue weighted by Gasteiger charge is 2.21. The number of non-ortho nitro benzene ring substituents is 1. The average Bonchev–Trinajstić information content (AvgIpc) is 2.68. The summed E-state index contributed by atoms with van der Waals surface area (Å²) in [5.74, 6) is -1.45. The maximum Gasteiger partial charge on any atom is 0.357 e. The van der Waals surface area contributed by atoms with Crippen LogP contribution in [0.15, 0.2) is 54.6 Å². The Hall–Kier alpha value is -3.52. The number of anilines is 1. The van der Waals surface area contributed by atoms with E-state index in [2.05, 4.69) is 10.3 Å². The Balaban J connectivity index is 1.70. The van der Waals surface area contributed by atoms with E-state index in [-0.39, 0.29) is 22.1 Å². The van der Waals surface area contributed by atoms with E-state index in [9.17, 15) is 19.7 Å². The van der Waals surface area contributed by atoms with Gasteiger partial charge in [0.1, 0.15) is 5.69 Å². The lowest BCUT2D eigenvalue weighted by Gasteiger charge is -2.14. The summed E-state index contributed by atoms with van der Waals surface area (Å²) in [6, 6.07) is 14.1. The normalized spacial score (nSPS) is 11.6. The van der Waals surface area contributed by atoms with E-state index in [4.69, 9.17) is 16.3 Å². The van der Waals surface area contributed by atoms with Crippen molar-refractivity contribution in [3.63, 3.8) is 0 Å². The summed E-state index contributed by atoms with van der Waals surface area (Å²) in [6.07, 6.45) is -1.17. The van der Waals surface area contributed by atoms with Crippen LogP contribution in [0.4, 0.5) is 11.4 Å². The molecule has 3 rings (SSSR count). The van der Waals surface area contributed by atoms with Crippen molar-refractivity contribution < 1.29 is 19.2 Å². The fraction of sp³-hybridized carbons (Fsp3) is 0.105. The van der Waals surface area contributed by atoms with Crippen molar-refractivity contribution in [2.24, 2.45) is 0 Å². The lowest BCUT2D eigenvalue weighted by Crippen LogP contribution is -2.30. The van der Waals surface area contributed by atoms with Crippen molar-refractivity contribution in [1.82, 2.24) is 4.98 Å². The second kappa shape index (κ2) is 8.01. The molecule has 0 saturated heterocycles. The minimum atomic E-state index is -1.17. The standard InChI is InChI=1S/C19H14ClN3O5/c1-11(18(24)22-17-10-13(23(26)27)7-8-14(17)20)28-19(25)16-9-6-12-4-2-3-5-15(12)21-16/h2-11H,1H3,(H,22,24). The van der Waals surface area contributed by atoms with Crippen LogP contribution in [0.1, 0.15) is 17.4 Å². The molecule has 1 heterocycles. The minimum Gasteiger partial charge on any atom is -0.448 e. The zero-order chi connectivity index (χ0) is 20.3. The highest BCUT2D eigenvalue weighted by molar-refractivity contribution is 6.33. The Labute approximate surface area is 164 Å². The molecule has 0 spiro atoms. The second-order valence-corrected chi connectivity index (χ2v) is 6.25. The summed E-state index contributed by atoms with van der Waals surface area (Å²) in [4.78, 5) is 39.0. The number of nitro groups is 1. The molecule has 9 heteroatoms. The van der Waals surface area contributed by atoms with Crippen LogP contribution in [0.2, 0.25) is 5.02 Å². The van der Waals surface area contributed by atoms with E-state index in [1.807, 2.05) is 12.1 Å². The largest absolute Gasteiger partial charge is 0.448 e. The SMILES string of the molecule is CC(OC(=O)c1ccc2ccccc2n1)C(=O)Nc1cc([N+](=O)[O-])ccc1Cl. The first kappa shape index (κ1) is 19.2. The number of esters is 1. The number of pyridine rings is 1. The molecule has 0 saturated carbocycles. The van der Waals surface area contributed by atoms with Gasteiger partial charge in [-0.15, -0.1) is 0 Å². The van der Waals surface area contributed by atoms with Crippen molar-refractivity contribution in [3.8, 4) is 0 Å². The number of carbonyl (C=O) groups is 2. The molecule has 0 bridgehead atoms. The van der Waals surface area contributed by atoms with Gasteiger partial charge < -0.3 is 10.1 Å². The van der Waals surface area contributed by atoms with Gasteiger partial charge in [-0.3, -0.25) is 14.9 Å². The third kappa shape index (κ3) is 4.24. The maximum absolute atomic E-state index is 12.3. The fourth-order valence-electron chi connectivity index (χ4n) is 2.41. The van der Waals surface area contributed by atoms with Gasteiger partial charge in [-0.1, -0.05) is 35.9 Å². The zero-order valence-corrected chi connectivity index (χ0v) is 15.3. The lowest BCUT2D eigenvalue weighted by atomic mass is 10.2. The summed E-state index contributed by atoms with van der Waals surface area (Å²) < 4.78 is 5.15. The number of rotatable bonds is 5. The van der Waals surface area contributed by atoms with Crippen LogP contribution in [-0.2, 0) is 9.53 Å². The van der Waals surface area contributed by atoms with Crippen LogP contribution in [0, 0.1) is 10.1 Å². The molecule has 142 valence electrons. The first-order valence-corrected chi connectivity index (χ1v) is 8.54. The molecule has 3 aromatic rings. The highest BCUT2D eigenvalue weighted by Crippen LogP contribution is 2.27. The van der Waals surface area contributed by atoms with Gasteiger partial charge in [0.2, 0.25) is 0 Å². The Bertz CT molecular complexity index is 1090. The number of nitrogens with zero attached hydrogens (tertiary/aromatic N) is 2. The van der Waals surface area contributed by atoms with Crippen LogP contribution in [0.25, 0.3) is 10.9 Å². The first-order chi connectivity index (χ1) is 13.3. The molecule has 1 atom stereocenters. The number of ether oxygens (including phenoxy) is 1. The van der Waals surface area contributed by atoms with Crippen LogP contribution >= 0.6 is 11.6 Å². The minimum absolute atomic E-state index is 0.0487. The summed E-state index contributed by atoms with van der Waals surface area (Å²) in [6.45, 7) is 1.37. The second-order valence-electron chi connectivity index (χ2n) is 5.85. The number of fused-ring (bicyclic) bond motifs is 1. The number of carbonyl (C=O) groups excluding carboxylic acids is 2. The van der Waals surface area contributed by atoms with Gasteiger partial charge in [-0.05, 0) is 25.1 Å². The number of aromatic nitrogens is 1. The van der Waals surface area contributed by atoms with Gasteiger partial charge >= 0.3 is 5.97 Å². The van der Waals surface area contributed by atoms with Crippen molar-refractivity contribution in [1.29, 1.82) is 0 Å². The van der Waals surface area contributed by atoms with Gasteiger partial charge in [-0.25, -0.2) is 9.78 Å². The molecule has 28 heavy (non-hydrogen) atoms. The smallest absolute Gasteiger partial charge is 0.357 e. The molecule has 1 aromatic heterocycles. The topological polar surface area (TPSA) is 111 Å². The van der Waals surface area contributed by atoms with E-state index in [0.29, 0.717) is 5.52 Å². The predicted octanol–water partition coefficient (Wildman–Crippen LogP) is 3.98. The number of hydrogen-bond acceptors (Lipinski definition) is 6. The highest BCUT2D eigenvalue weighted by atomic mass is 35.5. The monoisotopic (exact) mass is 399 g/mol. The van der Waals surface area contributed by atoms with Gasteiger partial charge in [0.05, 0.1) is 21.2 Å². The van der Waals surface area contributed by atoms with Gasteiger partial charge in [0, 0.05) is 17.5 Å². The van der Waals surface area contributed by atoms with Gasteiger partial charge in [-0.2, -0.15) is 0 Å². The maximum atomic E-state index is 12.3. The van der Waals surface area contributed by atoms with E-state index in [0.717, 1.165) is 11.5 Å². The Morgan fingerprint density at radius 2 is 1.93 bits per heavy atom. The molecule has 0 aliphatic carbocycles. The number of hydrogen-bond donors (Lipinski definition) is 1. The van der Waals surface area contributed by atoms with Crippen molar-refractivity contribution in [2.45, 2.75) is 13.0 Å². The summed E-state index contributed by atoms with van der Waals surface area (Å²) in [5.41, 5.74) is 0.501. The van der Waals surface area contributed by atoms with Crippen LogP contribution in [0.3, 0.4) is 0 Å². The molecule has 2 aromatic carbocycles. The average molecular weight is 400 g/mol. The Kier molecular flexibility index (Phi) is 5.51. The number of nitro benzene ring substituents is 1. The van der Waals surface area contributed by atoms with E-state index < -0.39 is 22.9 Å². The van der Waals surface area contributed by atoms with Crippen molar-refractivity contribution in [3.05, 3.63) is 75.4 Å². The van der Waals surface area contributed by atoms with E-state index in [1.54, 1.807) is 18.2 Å². The predicted molar refractivity (Wildman–Crippen MR) is 103 cm³/mol. The van der Waals surface area contributed by atoms with Crippen molar-refractivity contribution in [2.75, 3.05) is 5.32 Å². The molecule has 0 fully saturated rings. The number of halogens is 1. The van der Waals surface area contributed by atoms with Gasteiger partial charge in [0.25, 0.3) is 11.6 Å². The molecule has 8 nitrogen and oxygen atoms in total. The van der Waals surface area contributed by atoms with E-state index in [1.165, 1.54) is 25.1 Å². The Morgan fingerprint density at radius 3 is 2.68 bits per heavy atom. The first-order valence-electron chi connectivity index (χ1n) is 8.17. The molecular formula is C19H14ClN3O5. The molecular weight excluding hydrogens is 386 g/mol. The third-order valence-corrected chi connectivity index (χ3v) is 4.21. The third-order valence-electron chi connectivity index (χ3n) is 3.88. The lowest BCUT2D eigenvalue weighted by molar-refractivity contribution is -0.384. The van der Waals surface area contributed by atoms with Crippen LogP contribution in [0.5, 0.6) is 0 Å². The number of nitrogens with one attached hydrogen (secondary N) is 1. The fourth-order valence-corrected chi connectivity index (χ4v) is 2.58. The van der Waals surface area contributed by atoms with E-state index >= 15 is 0 Å². The van der Waals surface area contributed by atoms with Crippen LogP contribution in [-0.4, -0.2) is 27.9 Å². The number of amides is 1. The number of para-hydroxylation sites is 1. The molecule has 0 aliphatic heterocycles. The summed E-state index contributed by atoms with van der Waals surface area (Å²) >= 11 is 5.95. The summed E-state index contributed by atoms with van der Waals surface area (Å²) in [5, 5.41) is 14.3. The van der Waals surface area contributed by atoms with Crippen molar-refractivity contribution >= 4 is 45.8 Å². The molecule has 0 aliphatic rings. The summed E-state index contributed by atoms with van der Waals surface area (Å²) in [7, 11) is 0. The van der Waals surface area contributed by atoms with Gasteiger partial charge in [0.15, 0.2) is 6.10 Å². The molecule has 0 radical (unpaired) electrons. The van der Waals surface area contributed by atoms with Crippen LogP contribution < -0.4 is 5.32 Å². The number of benzene rings is 2. The Morgan fingerprint density at radius 1 is 1.18 bits per heavy atom. The molecule has 1 amide bonds. The zero-order valence-electron chi connectivity index (χ0n) is 14.6. The quantitative estimate of drug-likeness (QED) is 0.394. The molecule has 1 N–H and O–H groups in total.